The lowest BCUT2D eigenvalue weighted by molar-refractivity contribution is -0.0811. The highest BCUT2D eigenvalue weighted by atomic mass is 16.5. The summed E-state index contributed by atoms with van der Waals surface area (Å²) >= 11 is 0. The maximum Gasteiger partial charge on any atom is 0.0833 e. The van der Waals surface area contributed by atoms with Crippen molar-refractivity contribution in [3.63, 3.8) is 0 Å². The van der Waals surface area contributed by atoms with Gasteiger partial charge < -0.3 is 14.6 Å². The van der Waals surface area contributed by atoms with Crippen molar-refractivity contribution in [2.24, 2.45) is 0 Å². The summed E-state index contributed by atoms with van der Waals surface area (Å²) in [7, 11) is 0. The van der Waals surface area contributed by atoms with Gasteiger partial charge in [-0.25, -0.2) is 0 Å². The first-order valence-corrected chi connectivity index (χ1v) is 5.76. The van der Waals surface area contributed by atoms with Crippen LogP contribution in [0.5, 0.6) is 0 Å². The molecule has 1 fully saturated rings. The molecule has 0 radical (unpaired) electrons. The van der Waals surface area contributed by atoms with E-state index in [-0.39, 0.29) is 12.2 Å². The molecule has 1 heterocycles. The minimum atomic E-state index is -0.223. The normalized spacial score (nSPS) is 25.6. The Balaban J connectivity index is 1.68. The van der Waals surface area contributed by atoms with Gasteiger partial charge in [-0.1, -0.05) is 30.3 Å². The lowest BCUT2D eigenvalue weighted by Crippen LogP contribution is -2.32. The Labute approximate surface area is 96.0 Å². The van der Waals surface area contributed by atoms with Crippen LogP contribution in [0.2, 0.25) is 0 Å². The van der Waals surface area contributed by atoms with Crippen molar-refractivity contribution < 1.29 is 14.6 Å². The van der Waals surface area contributed by atoms with E-state index in [4.69, 9.17) is 9.47 Å². The van der Waals surface area contributed by atoms with Crippen molar-refractivity contribution in [2.75, 3.05) is 13.2 Å². The molecular weight excluding hydrogens is 204 g/mol. The molecule has 3 heteroatoms. The van der Waals surface area contributed by atoms with E-state index in [9.17, 15) is 5.11 Å². The van der Waals surface area contributed by atoms with Crippen molar-refractivity contribution >= 4 is 0 Å². The predicted octanol–water partition coefficient (Wildman–Crippen LogP) is 1.74. The Morgan fingerprint density at radius 3 is 2.88 bits per heavy atom. The van der Waals surface area contributed by atoms with Gasteiger partial charge in [-0.05, 0) is 12.0 Å². The van der Waals surface area contributed by atoms with Crippen LogP contribution in [0.4, 0.5) is 0 Å². The molecule has 1 aliphatic rings. The molecule has 0 saturated carbocycles. The highest BCUT2D eigenvalue weighted by Crippen LogP contribution is 2.14. The highest BCUT2D eigenvalue weighted by molar-refractivity contribution is 5.13. The Kier molecular flexibility index (Phi) is 4.34. The Morgan fingerprint density at radius 2 is 2.12 bits per heavy atom. The van der Waals surface area contributed by atoms with Gasteiger partial charge in [0.05, 0.1) is 25.4 Å². The van der Waals surface area contributed by atoms with Crippen LogP contribution in [0, 0.1) is 0 Å². The molecular formula is C13H18O3. The maximum atomic E-state index is 9.46. The predicted molar refractivity (Wildman–Crippen MR) is 61.1 cm³/mol. The zero-order chi connectivity index (χ0) is 11.2. The van der Waals surface area contributed by atoms with E-state index in [1.54, 1.807) is 0 Å². The number of rotatable bonds is 4. The summed E-state index contributed by atoms with van der Waals surface area (Å²) in [6, 6.07) is 10.1. The van der Waals surface area contributed by atoms with Gasteiger partial charge in [-0.2, -0.15) is 0 Å². The lowest BCUT2D eigenvalue weighted by Gasteiger charge is -2.26. The van der Waals surface area contributed by atoms with E-state index < -0.39 is 0 Å². The van der Waals surface area contributed by atoms with Gasteiger partial charge in [0.1, 0.15) is 0 Å². The zero-order valence-electron chi connectivity index (χ0n) is 9.34. The third-order valence-corrected chi connectivity index (χ3v) is 2.75. The molecule has 0 bridgehead atoms. The summed E-state index contributed by atoms with van der Waals surface area (Å²) < 4.78 is 11.1. The topological polar surface area (TPSA) is 38.7 Å². The summed E-state index contributed by atoms with van der Waals surface area (Å²) in [6.45, 7) is 1.81. The monoisotopic (exact) mass is 222 g/mol. The van der Waals surface area contributed by atoms with Crippen molar-refractivity contribution in [2.45, 2.75) is 31.7 Å². The number of ether oxygens (including phenoxy) is 2. The third-order valence-electron chi connectivity index (χ3n) is 2.75. The molecule has 0 spiro atoms. The van der Waals surface area contributed by atoms with Crippen molar-refractivity contribution in [3.05, 3.63) is 35.9 Å². The van der Waals surface area contributed by atoms with Crippen molar-refractivity contribution in [1.82, 2.24) is 0 Å². The summed E-state index contributed by atoms with van der Waals surface area (Å²) in [4.78, 5) is 0. The minimum Gasteiger partial charge on any atom is -0.393 e. The number of benzene rings is 1. The molecule has 1 saturated heterocycles. The third kappa shape index (κ3) is 3.59. The maximum absolute atomic E-state index is 9.46. The molecule has 2 atom stereocenters. The van der Waals surface area contributed by atoms with Crippen molar-refractivity contribution in [1.29, 1.82) is 0 Å². The summed E-state index contributed by atoms with van der Waals surface area (Å²) in [5, 5.41) is 9.46. The van der Waals surface area contributed by atoms with E-state index in [0.29, 0.717) is 26.2 Å². The molecule has 2 rings (SSSR count). The molecule has 0 aliphatic carbocycles. The van der Waals surface area contributed by atoms with Gasteiger partial charge >= 0.3 is 0 Å². The quantitative estimate of drug-likeness (QED) is 0.843. The fraction of sp³-hybridized carbons (Fsp3) is 0.538. The number of aliphatic hydroxyl groups is 1. The highest BCUT2D eigenvalue weighted by Gasteiger charge is 2.20. The van der Waals surface area contributed by atoms with Gasteiger partial charge in [0.15, 0.2) is 0 Å². The van der Waals surface area contributed by atoms with Crippen LogP contribution in [-0.2, 0) is 16.1 Å². The molecule has 16 heavy (non-hydrogen) atoms. The first kappa shape index (κ1) is 11.6. The summed E-state index contributed by atoms with van der Waals surface area (Å²) in [5.74, 6) is 0. The largest absolute Gasteiger partial charge is 0.393 e. The van der Waals surface area contributed by atoms with Gasteiger partial charge in [-0.15, -0.1) is 0 Å². The van der Waals surface area contributed by atoms with E-state index in [0.717, 1.165) is 6.42 Å². The van der Waals surface area contributed by atoms with Crippen LogP contribution in [0.1, 0.15) is 18.4 Å². The lowest BCUT2D eigenvalue weighted by atomic mass is 10.1. The fourth-order valence-electron chi connectivity index (χ4n) is 1.86. The molecule has 0 amide bonds. The van der Waals surface area contributed by atoms with E-state index >= 15 is 0 Å². The first-order chi connectivity index (χ1) is 7.84. The second-order valence-electron chi connectivity index (χ2n) is 4.17. The van der Waals surface area contributed by atoms with E-state index in [2.05, 4.69) is 0 Å². The van der Waals surface area contributed by atoms with Gasteiger partial charge in [0.25, 0.3) is 0 Å². The average Bonchev–Trinajstić information content (AvgIpc) is 2.30. The van der Waals surface area contributed by atoms with Crippen LogP contribution in [0.15, 0.2) is 30.3 Å². The molecule has 1 aromatic rings. The second kappa shape index (κ2) is 5.99. The number of hydrogen-bond donors (Lipinski definition) is 1. The summed E-state index contributed by atoms with van der Waals surface area (Å²) in [5.41, 5.74) is 1.17. The smallest absolute Gasteiger partial charge is 0.0833 e. The van der Waals surface area contributed by atoms with Gasteiger partial charge in [-0.3, -0.25) is 0 Å². The molecule has 88 valence electrons. The Morgan fingerprint density at radius 1 is 1.31 bits per heavy atom. The first-order valence-electron chi connectivity index (χ1n) is 5.76. The Bertz CT molecular complexity index is 299. The summed E-state index contributed by atoms with van der Waals surface area (Å²) in [6.07, 6.45) is 1.26. The number of aliphatic hydroxyl groups excluding tert-OH is 1. The SMILES string of the molecule is O[C@H]1CCO[C@@H](COCc2ccccc2)C1. The molecule has 3 nitrogen and oxygen atoms in total. The van der Waals surface area contributed by atoms with Crippen molar-refractivity contribution in [3.8, 4) is 0 Å². The molecule has 0 aromatic heterocycles. The Hall–Kier alpha value is -0.900. The minimum absolute atomic E-state index is 0.0486. The van der Waals surface area contributed by atoms with Crippen LogP contribution in [-0.4, -0.2) is 30.5 Å². The molecule has 1 aromatic carbocycles. The van der Waals surface area contributed by atoms with Gasteiger partial charge in [0.2, 0.25) is 0 Å². The van der Waals surface area contributed by atoms with Crippen LogP contribution in [0.25, 0.3) is 0 Å². The molecule has 1 N–H and O–H groups in total. The standard InChI is InChI=1S/C13H18O3/c14-12-6-7-16-13(8-12)10-15-9-11-4-2-1-3-5-11/h1-5,12-14H,6-10H2/t12-,13+/m0/s1. The molecule has 0 unspecified atom stereocenters. The van der Waals surface area contributed by atoms with Crippen LogP contribution >= 0.6 is 0 Å². The van der Waals surface area contributed by atoms with Crippen LogP contribution < -0.4 is 0 Å². The van der Waals surface area contributed by atoms with E-state index in [1.807, 2.05) is 30.3 Å². The average molecular weight is 222 g/mol. The molecule has 1 aliphatic heterocycles. The number of hydrogen-bond acceptors (Lipinski definition) is 3. The second-order valence-corrected chi connectivity index (χ2v) is 4.17. The van der Waals surface area contributed by atoms with Gasteiger partial charge in [0, 0.05) is 13.0 Å². The zero-order valence-corrected chi connectivity index (χ0v) is 9.34. The van der Waals surface area contributed by atoms with E-state index in [1.165, 1.54) is 5.56 Å². The van der Waals surface area contributed by atoms with Crippen LogP contribution in [0.3, 0.4) is 0 Å². The fourth-order valence-corrected chi connectivity index (χ4v) is 1.86.